The number of likely N-dealkylation sites (N-methyl/N-ethyl adjacent to an activating group) is 1. The fourth-order valence-corrected chi connectivity index (χ4v) is 2.78. The first-order chi connectivity index (χ1) is 11.1. The molecular weight excluding hydrogens is 282 g/mol. The molecule has 118 valence electrons. The third-order valence-corrected chi connectivity index (χ3v) is 4.30. The van der Waals surface area contributed by atoms with Crippen LogP contribution in [0.4, 0.5) is 0 Å². The van der Waals surface area contributed by atoms with Crippen molar-refractivity contribution in [2.75, 3.05) is 7.05 Å². The van der Waals surface area contributed by atoms with Gasteiger partial charge in [0, 0.05) is 36.3 Å². The molecule has 3 aromatic rings. The van der Waals surface area contributed by atoms with Gasteiger partial charge in [0.2, 0.25) is 0 Å². The lowest BCUT2D eigenvalue weighted by Crippen LogP contribution is -2.31. The molecule has 0 bridgehead atoms. The maximum absolute atomic E-state index is 4.76. The Hall–Kier alpha value is -2.26. The van der Waals surface area contributed by atoms with Gasteiger partial charge in [0.1, 0.15) is 0 Å². The maximum Gasteiger partial charge on any atom is 0.0705 e. The molecule has 2 aromatic heterocycles. The zero-order valence-electron chi connectivity index (χ0n) is 14.0. The van der Waals surface area contributed by atoms with E-state index in [-0.39, 0.29) is 0 Å². The molecule has 2 heterocycles. The van der Waals surface area contributed by atoms with Crippen molar-refractivity contribution < 1.29 is 0 Å². The van der Waals surface area contributed by atoms with Crippen LogP contribution in [-0.4, -0.2) is 28.0 Å². The zero-order valence-corrected chi connectivity index (χ0v) is 14.0. The first-order valence-electron chi connectivity index (χ1n) is 8.08. The van der Waals surface area contributed by atoms with E-state index < -0.39 is 0 Å². The minimum Gasteiger partial charge on any atom is -0.297 e. The van der Waals surface area contributed by atoms with Gasteiger partial charge in [-0.05, 0) is 50.7 Å². The molecule has 23 heavy (non-hydrogen) atoms. The lowest BCUT2D eigenvalue weighted by atomic mass is 10.1. The van der Waals surface area contributed by atoms with Crippen molar-refractivity contribution in [3.8, 4) is 0 Å². The number of benzene rings is 1. The zero-order chi connectivity index (χ0) is 16.2. The monoisotopic (exact) mass is 305 g/mol. The topological polar surface area (TPSA) is 29.0 Å². The molecule has 0 aliphatic rings. The van der Waals surface area contributed by atoms with E-state index in [9.17, 15) is 0 Å². The van der Waals surface area contributed by atoms with Gasteiger partial charge in [0.15, 0.2) is 0 Å². The quantitative estimate of drug-likeness (QED) is 0.713. The number of fused-ring (bicyclic) bond motifs is 1. The number of hydrogen-bond donors (Lipinski definition) is 0. The molecule has 0 aliphatic heterocycles. The summed E-state index contributed by atoms with van der Waals surface area (Å²) in [5.74, 6) is 0. The Bertz CT molecular complexity index is 798. The molecule has 1 atom stereocenters. The normalized spacial score (nSPS) is 12.7. The molecule has 3 rings (SSSR count). The van der Waals surface area contributed by atoms with Crippen molar-refractivity contribution in [1.82, 2.24) is 14.9 Å². The van der Waals surface area contributed by atoms with Crippen molar-refractivity contribution in [3.05, 3.63) is 71.7 Å². The summed E-state index contributed by atoms with van der Waals surface area (Å²) in [4.78, 5) is 11.6. The third-order valence-electron chi connectivity index (χ3n) is 4.30. The SMILES string of the molecule is Cc1ccnc(C[C@H](C)N(C)Cc2ccc3ccccc3n2)c1. The molecule has 0 unspecified atom stereocenters. The van der Waals surface area contributed by atoms with Gasteiger partial charge in [0.25, 0.3) is 0 Å². The largest absolute Gasteiger partial charge is 0.297 e. The van der Waals surface area contributed by atoms with E-state index in [0.717, 1.165) is 29.9 Å². The van der Waals surface area contributed by atoms with E-state index in [2.05, 4.69) is 61.1 Å². The highest BCUT2D eigenvalue weighted by molar-refractivity contribution is 5.78. The average Bonchev–Trinajstić information content (AvgIpc) is 2.54. The van der Waals surface area contributed by atoms with Gasteiger partial charge in [-0.25, -0.2) is 0 Å². The van der Waals surface area contributed by atoms with E-state index in [1.165, 1.54) is 10.9 Å². The summed E-state index contributed by atoms with van der Waals surface area (Å²) in [5.41, 5.74) is 4.58. The minimum atomic E-state index is 0.414. The number of aryl methyl sites for hydroxylation is 1. The van der Waals surface area contributed by atoms with Gasteiger partial charge in [-0.15, -0.1) is 0 Å². The number of hydrogen-bond acceptors (Lipinski definition) is 3. The van der Waals surface area contributed by atoms with E-state index >= 15 is 0 Å². The molecule has 0 N–H and O–H groups in total. The van der Waals surface area contributed by atoms with Gasteiger partial charge in [-0.3, -0.25) is 14.9 Å². The van der Waals surface area contributed by atoms with E-state index in [0.29, 0.717) is 6.04 Å². The Morgan fingerprint density at radius 2 is 1.87 bits per heavy atom. The average molecular weight is 305 g/mol. The highest BCUT2D eigenvalue weighted by Crippen LogP contribution is 2.14. The van der Waals surface area contributed by atoms with Gasteiger partial charge < -0.3 is 0 Å². The van der Waals surface area contributed by atoms with E-state index in [1.54, 1.807) is 0 Å². The van der Waals surface area contributed by atoms with E-state index in [1.807, 2.05) is 24.4 Å². The predicted octanol–water partition coefficient (Wildman–Crippen LogP) is 4.00. The lowest BCUT2D eigenvalue weighted by Gasteiger charge is -2.24. The summed E-state index contributed by atoms with van der Waals surface area (Å²) < 4.78 is 0. The van der Waals surface area contributed by atoms with Crippen LogP contribution in [-0.2, 0) is 13.0 Å². The second kappa shape index (κ2) is 6.88. The lowest BCUT2D eigenvalue weighted by molar-refractivity contribution is 0.244. The molecule has 0 saturated heterocycles. The molecule has 0 spiro atoms. The Kier molecular flexibility index (Phi) is 4.68. The molecule has 3 heteroatoms. The van der Waals surface area contributed by atoms with Crippen LogP contribution in [0.25, 0.3) is 10.9 Å². The highest BCUT2D eigenvalue weighted by Gasteiger charge is 2.12. The molecule has 1 aromatic carbocycles. The van der Waals surface area contributed by atoms with Gasteiger partial charge >= 0.3 is 0 Å². The molecule has 0 aliphatic carbocycles. The van der Waals surface area contributed by atoms with Crippen LogP contribution in [0.1, 0.15) is 23.9 Å². The summed E-state index contributed by atoms with van der Waals surface area (Å²) in [7, 11) is 2.15. The summed E-state index contributed by atoms with van der Waals surface area (Å²) >= 11 is 0. The Morgan fingerprint density at radius 3 is 2.70 bits per heavy atom. The first-order valence-corrected chi connectivity index (χ1v) is 8.08. The molecule has 0 radical (unpaired) electrons. The summed E-state index contributed by atoms with van der Waals surface area (Å²) in [6.45, 7) is 5.20. The second-order valence-corrected chi connectivity index (χ2v) is 6.29. The smallest absolute Gasteiger partial charge is 0.0705 e. The molecule has 0 fully saturated rings. The molecule has 3 nitrogen and oxygen atoms in total. The first kappa shape index (κ1) is 15.6. The Labute approximate surface area is 138 Å². The van der Waals surface area contributed by atoms with Crippen LogP contribution in [0.2, 0.25) is 0 Å². The van der Waals surface area contributed by atoms with Crippen molar-refractivity contribution in [2.24, 2.45) is 0 Å². The fraction of sp³-hybridized carbons (Fsp3) is 0.300. The van der Waals surface area contributed by atoms with Gasteiger partial charge in [-0.1, -0.05) is 24.3 Å². The summed E-state index contributed by atoms with van der Waals surface area (Å²) in [5, 5.41) is 1.19. The van der Waals surface area contributed by atoms with Crippen molar-refractivity contribution in [2.45, 2.75) is 32.9 Å². The van der Waals surface area contributed by atoms with Crippen LogP contribution in [0, 0.1) is 6.92 Å². The van der Waals surface area contributed by atoms with Crippen LogP contribution < -0.4 is 0 Å². The third kappa shape index (κ3) is 3.93. The predicted molar refractivity (Wildman–Crippen MR) is 95.4 cm³/mol. The molecule has 0 amide bonds. The van der Waals surface area contributed by atoms with Crippen LogP contribution in [0.5, 0.6) is 0 Å². The van der Waals surface area contributed by atoms with Crippen LogP contribution in [0.15, 0.2) is 54.7 Å². The van der Waals surface area contributed by atoms with Crippen molar-refractivity contribution in [1.29, 1.82) is 0 Å². The molecular formula is C20H23N3. The van der Waals surface area contributed by atoms with Gasteiger partial charge in [-0.2, -0.15) is 0 Å². The van der Waals surface area contributed by atoms with Gasteiger partial charge in [0.05, 0.1) is 11.2 Å². The number of aromatic nitrogens is 2. The van der Waals surface area contributed by atoms with E-state index in [4.69, 9.17) is 4.98 Å². The summed E-state index contributed by atoms with van der Waals surface area (Å²) in [6, 6.07) is 17.1. The van der Waals surface area contributed by atoms with Crippen LogP contribution >= 0.6 is 0 Å². The summed E-state index contributed by atoms with van der Waals surface area (Å²) in [6.07, 6.45) is 2.84. The molecule has 0 saturated carbocycles. The second-order valence-electron chi connectivity index (χ2n) is 6.29. The van der Waals surface area contributed by atoms with Crippen LogP contribution in [0.3, 0.4) is 0 Å². The standard InChI is InChI=1S/C20H23N3/c1-15-10-11-21-19(12-15)13-16(2)23(3)14-18-9-8-17-6-4-5-7-20(17)22-18/h4-12,16H,13-14H2,1-3H3/t16-/m0/s1. The highest BCUT2D eigenvalue weighted by atomic mass is 15.1. The minimum absolute atomic E-state index is 0.414. The Morgan fingerprint density at radius 1 is 1.04 bits per heavy atom. The van der Waals surface area contributed by atoms with Crippen molar-refractivity contribution in [3.63, 3.8) is 0 Å². The number of nitrogens with zero attached hydrogens (tertiary/aromatic N) is 3. The Balaban J connectivity index is 1.68. The number of rotatable bonds is 5. The maximum atomic E-state index is 4.76. The fourth-order valence-electron chi connectivity index (χ4n) is 2.78. The number of pyridine rings is 2. The number of para-hydroxylation sites is 1. The van der Waals surface area contributed by atoms with Crippen molar-refractivity contribution >= 4 is 10.9 Å².